The van der Waals surface area contributed by atoms with Crippen LogP contribution in [0.3, 0.4) is 0 Å². The molecule has 4 heterocycles. The Labute approximate surface area is 374 Å². The molecule has 2 amide bonds. The van der Waals surface area contributed by atoms with E-state index < -0.39 is 40.8 Å². The zero-order valence-electron chi connectivity index (χ0n) is 34.5. The molecule has 2 unspecified atom stereocenters. The molecule has 2 N–H and O–H groups in total. The van der Waals surface area contributed by atoms with Gasteiger partial charge in [0.05, 0.1) is 6.10 Å². The van der Waals surface area contributed by atoms with Crippen LogP contribution in [0.1, 0.15) is 58.9 Å². The van der Waals surface area contributed by atoms with Gasteiger partial charge in [-0.25, -0.2) is 9.78 Å². The van der Waals surface area contributed by atoms with Crippen molar-refractivity contribution in [3.63, 3.8) is 0 Å². The summed E-state index contributed by atoms with van der Waals surface area (Å²) in [6, 6.07) is 48.6. The minimum atomic E-state index is -0.950. The number of thiazole rings is 1. The quantitative estimate of drug-likeness (QED) is 0.0343. The average Bonchev–Trinajstić information content (AvgIpc) is 4.04. The molecule has 1 aromatic heterocycles. The van der Waals surface area contributed by atoms with E-state index in [0.717, 1.165) is 46.2 Å². The minimum absolute atomic E-state index is 0.0607. The number of β-lactam (4-membered cyclic amide) rings is 1. The topological polar surface area (TPSA) is 131 Å². The number of benzene rings is 5. The van der Waals surface area contributed by atoms with Crippen molar-refractivity contribution in [2.24, 2.45) is 5.16 Å². The van der Waals surface area contributed by atoms with Crippen LogP contribution in [0.25, 0.3) is 0 Å². The van der Waals surface area contributed by atoms with Crippen molar-refractivity contribution in [2.75, 3.05) is 24.8 Å². The van der Waals surface area contributed by atoms with Gasteiger partial charge < -0.3 is 24.9 Å². The highest BCUT2D eigenvalue weighted by atomic mass is 32.2. The van der Waals surface area contributed by atoms with Gasteiger partial charge in [0.25, 0.3) is 11.8 Å². The van der Waals surface area contributed by atoms with Crippen molar-refractivity contribution in [3.05, 3.63) is 202 Å². The van der Waals surface area contributed by atoms with Gasteiger partial charge >= 0.3 is 5.97 Å². The number of oxime groups is 1. The third-order valence-electron chi connectivity index (χ3n) is 11.5. The number of fused-ring (bicyclic) bond motifs is 1. The van der Waals surface area contributed by atoms with Crippen LogP contribution in [-0.2, 0) is 34.2 Å². The Balaban J connectivity index is 0.976. The summed E-state index contributed by atoms with van der Waals surface area (Å²) >= 11 is 2.81. The van der Waals surface area contributed by atoms with Crippen molar-refractivity contribution in [1.29, 1.82) is 0 Å². The van der Waals surface area contributed by atoms with Crippen LogP contribution >= 0.6 is 23.1 Å². The lowest BCUT2D eigenvalue weighted by Crippen LogP contribution is -2.71. The van der Waals surface area contributed by atoms with Crippen LogP contribution in [0.4, 0.5) is 5.13 Å². The number of hydrogen-bond donors (Lipinski definition) is 2. The Kier molecular flexibility index (Phi) is 12.5. The van der Waals surface area contributed by atoms with E-state index >= 15 is 0 Å². The number of aromatic nitrogens is 1. The van der Waals surface area contributed by atoms with Gasteiger partial charge in [0.1, 0.15) is 35.5 Å². The van der Waals surface area contributed by atoms with E-state index in [-0.39, 0.29) is 23.2 Å². The predicted octanol–water partition coefficient (Wildman–Crippen LogP) is 8.45. The van der Waals surface area contributed by atoms with E-state index in [9.17, 15) is 14.4 Å². The highest BCUT2D eigenvalue weighted by Crippen LogP contribution is 2.44. The lowest BCUT2D eigenvalue weighted by atomic mass is 9.77. The van der Waals surface area contributed by atoms with Crippen LogP contribution in [0.2, 0.25) is 0 Å². The fraction of sp³-hybridized carbons (Fsp3) is 0.220. The molecule has 0 spiro atoms. The summed E-state index contributed by atoms with van der Waals surface area (Å²) in [6.45, 7) is 0.657. The van der Waals surface area contributed by atoms with Gasteiger partial charge in [0, 0.05) is 17.7 Å². The summed E-state index contributed by atoms with van der Waals surface area (Å²) in [7, 11) is 1.35. The normalized spacial score (nSPS) is 18.7. The number of hydrogen-bond acceptors (Lipinski definition) is 11. The molecule has 0 radical (unpaired) electrons. The molecule has 0 saturated carbocycles. The number of thioether (sulfide) groups is 1. The predicted molar refractivity (Wildman–Crippen MR) is 245 cm³/mol. The molecule has 5 aromatic carbocycles. The van der Waals surface area contributed by atoms with Crippen molar-refractivity contribution >= 4 is 51.7 Å². The lowest BCUT2D eigenvalue weighted by Gasteiger charge is -2.50. The summed E-state index contributed by atoms with van der Waals surface area (Å²) < 4.78 is 12.3. The van der Waals surface area contributed by atoms with Gasteiger partial charge in [-0.15, -0.1) is 23.1 Å². The van der Waals surface area contributed by atoms with Crippen LogP contribution in [0.5, 0.6) is 0 Å². The van der Waals surface area contributed by atoms with Crippen molar-refractivity contribution in [3.8, 4) is 0 Å². The van der Waals surface area contributed by atoms with Crippen LogP contribution < -0.4 is 10.6 Å². The fourth-order valence-electron chi connectivity index (χ4n) is 8.54. The Hall–Kier alpha value is -6.54. The first-order valence-electron chi connectivity index (χ1n) is 20.9. The third kappa shape index (κ3) is 8.51. The maximum Gasteiger partial charge on any atom is 0.356 e. The van der Waals surface area contributed by atoms with Crippen LogP contribution in [0.15, 0.2) is 173 Å². The first-order chi connectivity index (χ1) is 30.9. The zero-order chi connectivity index (χ0) is 43.2. The van der Waals surface area contributed by atoms with Crippen molar-refractivity contribution in [1.82, 2.24) is 15.2 Å². The fourth-order valence-corrected chi connectivity index (χ4v) is 10.7. The Morgan fingerprint density at radius 3 is 1.92 bits per heavy atom. The van der Waals surface area contributed by atoms with E-state index in [1.807, 2.05) is 115 Å². The van der Waals surface area contributed by atoms with Crippen LogP contribution in [-0.4, -0.2) is 70.4 Å². The molecule has 0 bridgehead atoms. The number of anilines is 1. The second kappa shape index (κ2) is 18.8. The molecule has 2 saturated heterocycles. The maximum absolute atomic E-state index is 14.5. The molecule has 318 valence electrons. The van der Waals surface area contributed by atoms with Gasteiger partial charge in [0.15, 0.2) is 16.9 Å². The zero-order valence-corrected chi connectivity index (χ0v) is 36.1. The molecule has 13 heteroatoms. The number of carbonyl (C=O) groups excluding carboxylic acids is 3. The number of carbonyl (C=O) groups is 3. The van der Waals surface area contributed by atoms with Crippen LogP contribution in [0, 0.1) is 0 Å². The summed E-state index contributed by atoms with van der Waals surface area (Å²) in [5.41, 5.74) is 4.90. The van der Waals surface area contributed by atoms with Gasteiger partial charge in [-0.3, -0.25) is 14.5 Å². The first kappa shape index (κ1) is 41.8. The Morgan fingerprint density at radius 1 is 0.841 bits per heavy atom. The van der Waals surface area contributed by atoms with E-state index in [2.05, 4.69) is 52.2 Å². The molecule has 0 aliphatic carbocycles. The summed E-state index contributed by atoms with van der Waals surface area (Å²) in [5, 5.41) is 12.5. The number of ether oxygens (including phenoxy) is 2. The third-order valence-corrected chi connectivity index (χ3v) is 13.6. The molecule has 3 aliphatic heterocycles. The highest BCUT2D eigenvalue weighted by molar-refractivity contribution is 8.00. The van der Waals surface area contributed by atoms with Crippen molar-refractivity contribution < 1.29 is 28.7 Å². The van der Waals surface area contributed by atoms with E-state index in [1.54, 1.807) is 5.38 Å². The van der Waals surface area contributed by atoms with Gasteiger partial charge in [-0.2, -0.15) is 0 Å². The molecule has 6 aromatic rings. The molecule has 63 heavy (non-hydrogen) atoms. The second-order valence-corrected chi connectivity index (χ2v) is 17.4. The average molecular weight is 876 g/mol. The van der Waals surface area contributed by atoms with Crippen molar-refractivity contribution in [2.45, 2.75) is 48.4 Å². The van der Waals surface area contributed by atoms with E-state index in [1.165, 1.54) is 35.1 Å². The molecule has 11 nitrogen and oxygen atoms in total. The minimum Gasteiger partial charge on any atom is -0.448 e. The second-order valence-electron chi connectivity index (χ2n) is 15.4. The number of rotatable bonds is 15. The number of nitrogens with zero attached hydrogens (tertiary/aromatic N) is 3. The Morgan fingerprint density at radius 2 is 1.40 bits per heavy atom. The smallest absolute Gasteiger partial charge is 0.356 e. The molecule has 2 fully saturated rings. The molecule has 3 atom stereocenters. The number of amides is 2. The van der Waals surface area contributed by atoms with E-state index in [4.69, 9.17) is 19.3 Å². The van der Waals surface area contributed by atoms with Gasteiger partial charge in [-0.1, -0.05) is 157 Å². The summed E-state index contributed by atoms with van der Waals surface area (Å²) in [5.74, 6) is -1.22. The summed E-state index contributed by atoms with van der Waals surface area (Å²) in [6.07, 6.45) is 1.53. The molecular formula is C50H45N5O6S2. The first-order valence-corrected chi connectivity index (χ1v) is 22.8. The largest absolute Gasteiger partial charge is 0.448 e. The molecule has 3 aliphatic rings. The monoisotopic (exact) mass is 875 g/mol. The molecular weight excluding hydrogens is 831 g/mol. The van der Waals surface area contributed by atoms with E-state index in [0.29, 0.717) is 23.9 Å². The van der Waals surface area contributed by atoms with Gasteiger partial charge in [0.2, 0.25) is 0 Å². The lowest BCUT2D eigenvalue weighted by molar-refractivity contribution is -0.154. The SMILES string of the molecule is CO/N=C(\C(=O)NC1C(=O)N2C(C(=O)OC(c3ccccc3)c3ccccc3)=C(CC3CCCO3)CS[C@@H]12)c1csc(NC(c2ccccc2)(c2ccccc2)c2ccccc2)n1. The summed E-state index contributed by atoms with van der Waals surface area (Å²) in [4.78, 5) is 54.5. The number of nitrogens with one attached hydrogen (secondary N) is 2. The molecule has 9 rings (SSSR count). The number of esters is 1. The van der Waals surface area contributed by atoms with Gasteiger partial charge in [-0.05, 0) is 52.7 Å². The highest BCUT2D eigenvalue weighted by Gasteiger charge is 2.55. The Bertz CT molecular complexity index is 2470. The standard InChI is InChI=1S/C50H45N5O6S2/c1-59-54-41(40-32-63-49(51-40)53-50(36-22-11-4-12-23-36,37-24-13-5-14-25-37)38-26-15-6-16-27-38)45(56)52-42-46(57)55-43(35(31-62-47(42)55)30-39-28-17-29-60-39)48(58)61-44(33-18-7-2-8-19-33)34-20-9-3-10-21-34/h2-16,18-27,32,39,42,44,47H,17,28-31H2,1H3,(H,51,53)(H,52,56)/b54-41-/t39?,42?,47-/m0/s1. The maximum atomic E-state index is 14.5.